The lowest BCUT2D eigenvalue weighted by Gasteiger charge is -2.38. The first-order valence-electron chi connectivity index (χ1n) is 7.10. The quantitative estimate of drug-likeness (QED) is 0.729. The van der Waals surface area contributed by atoms with Crippen LogP contribution in [0.15, 0.2) is 35.4 Å². The molecule has 0 aliphatic carbocycles. The van der Waals surface area contributed by atoms with Crippen LogP contribution in [0.1, 0.15) is 31.2 Å². The molecule has 2 aliphatic rings. The highest BCUT2D eigenvalue weighted by molar-refractivity contribution is 5.54. The number of hydrogen-bond acceptors (Lipinski definition) is 3. The van der Waals surface area contributed by atoms with Gasteiger partial charge in [-0.2, -0.15) is 10.5 Å². The number of fused-ring (bicyclic) bond motifs is 2. The first-order valence-corrected chi connectivity index (χ1v) is 7.10. The van der Waals surface area contributed by atoms with Crippen LogP contribution in [0.5, 0.6) is 0 Å². The second kappa shape index (κ2) is 5.02. The molecule has 0 unspecified atom stereocenters. The van der Waals surface area contributed by atoms with Crippen molar-refractivity contribution in [1.82, 2.24) is 0 Å². The van der Waals surface area contributed by atoms with E-state index in [1.807, 2.05) is 0 Å². The van der Waals surface area contributed by atoms with Crippen molar-refractivity contribution in [2.45, 2.75) is 44.7 Å². The van der Waals surface area contributed by atoms with Crippen molar-refractivity contribution in [2.24, 2.45) is 0 Å². The lowest BCUT2D eigenvalue weighted by molar-refractivity contribution is 0.548. The zero-order valence-corrected chi connectivity index (χ0v) is 11.6. The number of aryl methyl sites for hydroxylation is 1. The van der Waals surface area contributed by atoms with Crippen LogP contribution >= 0.6 is 0 Å². The van der Waals surface area contributed by atoms with Crippen LogP contribution < -0.4 is 4.90 Å². The third kappa shape index (κ3) is 2.06. The molecule has 2 fully saturated rings. The van der Waals surface area contributed by atoms with E-state index in [-0.39, 0.29) is 0 Å². The van der Waals surface area contributed by atoms with Gasteiger partial charge in [0.25, 0.3) is 0 Å². The number of hydrogen-bond donors (Lipinski definition) is 0. The Hall–Kier alpha value is -2.26. The maximum absolute atomic E-state index is 9.04. The summed E-state index contributed by atoms with van der Waals surface area (Å²) in [5.74, 6) is 0. The zero-order valence-electron chi connectivity index (χ0n) is 11.6. The van der Waals surface area contributed by atoms with E-state index < -0.39 is 0 Å². The fraction of sp³-hybridized carbons (Fsp3) is 0.412. The molecule has 2 bridgehead atoms. The molecule has 1 aromatic carbocycles. The average molecular weight is 263 g/mol. The number of anilines is 1. The fourth-order valence-electron chi connectivity index (χ4n) is 3.54. The van der Waals surface area contributed by atoms with E-state index in [4.69, 9.17) is 10.5 Å². The zero-order chi connectivity index (χ0) is 14.1. The summed E-state index contributed by atoms with van der Waals surface area (Å²) in [5, 5.41) is 18.1. The second-order valence-electron chi connectivity index (χ2n) is 5.74. The van der Waals surface area contributed by atoms with Gasteiger partial charge in [0.05, 0.1) is 0 Å². The molecule has 0 N–H and O–H groups in total. The van der Waals surface area contributed by atoms with Crippen molar-refractivity contribution in [3.63, 3.8) is 0 Å². The van der Waals surface area contributed by atoms with Crippen molar-refractivity contribution in [3.05, 3.63) is 41.0 Å². The molecule has 2 heterocycles. The number of nitrogens with zero attached hydrogens (tertiary/aromatic N) is 3. The summed E-state index contributed by atoms with van der Waals surface area (Å²) in [5.41, 5.74) is 3.95. The molecular weight excluding hydrogens is 246 g/mol. The minimum atomic E-state index is 0.338. The highest BCUT2D eigenvalue weighted by atomic mass is 15.2. The van der Waals surface area contributed by atoms with Gasteiger partial charge in [-0.3, -0.25) is 0 Å². The summed E-state index contributed by atoms with van der Waals surface area (Å²) >= 11 is 0. The van der Waals surface area contributed by atoms with E-state index in [1.165, 1.54) is 11.3 Å². The number of rotatable bonds is 1. The topological polar surface area (TPSA) is 50.8 Å². The molecule has 2 saturated heterocycles. The van der Waals surface area contributed by atoms with Crippen LogP contribution in [0.3, 0.4) is 0 Å². The van der Waals surface area contributed by atoms with Crippen LogP contribution in [-0.4, -0.2) is 12.1 Å². The average Bonchev–Trinajstić information content (AvgIpc) is 2.72. The van der Waals surface area contributed by atoms with Crippen molar-refractivity contribution >= 4 is 5.69 Å². The highest BCUT2D eigenvalue weighted by Crippen LogP contribution is 2.42. The SMILES string of the molecule is Cc1ccc(N2[C@@H]3CC[C@H]2CC(=C(C#N)C#N)C3)cc1. The van der Waals surface area contributed by atoms with Crippen LogP contribution in [0.4, 0.5) is 5.69 Å². The molecule has 3 nitrogen and oxygen atoms in total. The summed E-state index contributed by atoms with van der Waals surface area (Å²) in [4.78, 5) is 2.50. The van der Waals surface area contributed by atoms with E-state index in [9.17, 15) is 0 Å². The third-order valence-electron chi connectivity index (χ3n) is 4.49. The van der Waals surface area contributed by atoms with Gasteiger partial charge in [-0.15, -0.1) is 0 Å². The molecule has 0 aromatic heterocycles. The minimum absolute atomic E-state index is 0.338. The normalized spacial score (nSPS) is 24.1. The Balaban J connectivity index is 1.90. The monoisotopic (exact) mass is 263 g/mol. The maximum Gasteiger partial charge on any atom is 0.129 e. The smallest absolute Gasteiger partial charge is 0.129 e. The molecule has 2 aliphatic heterocycles. The molecule has 2 atom stereocenters. The summed E-state index contributed by atoms with van der Waals surface area (Å²) in [6, 6.07) is 13.7. The Kier molecular flexibility index (Phi) is 3.20. The van der Waals surface area contributed by atoms with Gasteiger partial charge in [0.1, 0.15) is 17.7 Å². The predicted octanol–water partition coefficient (Wildman–Crippen LogP) is 3.47. The molecule has 3 rings (SSSR count). The van der Waals surface area contributed by atoms with Gasteiger partial charge < -0.3 is 4.90 Å². The Bertz CT molecular complexity index is 596. The number of allylic oxidation sites excluding steroid dienone is 1. The lowest BCUT2D eigenvalue weighted by atomic mass is 9.92. The van der Waals surface area contributed by atoms with Crippen LogP contribution in [0.2, 0.25) is 0 Å². The van der Waals surface area contributed by atoms with E-state index in [0.29, 0.717) is 17.7 Å². The molecule has 0 spiro atoms. The predicted molar refractivity (Wildman–Crippen MR) is 78.0 cm³/mol. The highest BCUT2D eigenvalue weighted by Gasteiger charge is 2.39. The summed E-state index contributed by atoms with van der Waals surface area (Å²) in [6.45, 7) is 2.10. The van der Waals surface area contributed by atoms with Gasteiger partial charge in [0.15, 0.2) is 0 Å². The van der Waals surface area contributed by atoms with Crippen molar-refractivity contribution in [2.75, 3.05) is 4.90 Å². The Morgan fingerprint density at radius 1 is 1.05 bits per heavy atom. The van der Waals surface area contributed by atoms with Gasteiger partial charge >= 0.3 is 0 Å². The van der Waals surface area contributed by atoms with E-state index in [1.54, 1.807) is 0 Å². The second-order valence-corrected chi connectivity index (χ2v) is 5.74. The Labute approximate surface area is 119 Å². The summed E-state index contributed by atoms with van der Waals surface area (Å²) in [7, 11) is 0. The molecule has 0 radical (unpaired) electrons. The number of piperidine rings is 1. The number of nitriles is 2. The first kappa shape index (κ1) is 12.8. The lowest BCUT2D eigenvalue weighted by Crippen LogP contribution is -2.40. The molecule has 20 heavy (non-hydrogen) atoms. The van der Waals surface area contributed by atoms with E-state index >= 15 is 0 Å². The van der Waals surface area contributed by atoms with E-state index in [2.05, 4.69) is 48.2 Å². The summed E-state index contributed by atoms with van der Waals surface area (Å²) in [6.07, 6.45) is 4.04. The Morgan fingerprint density at radius 2 is 1.60 bits per heavy atom. The molecule has 0 saturated carbocycles. The van der Waals surface area contributed by atoms with Crippen LogP contribution in [0, 0.1) is 29.6 Å². The van der Waals surface area contributed by atoms with Gasteiger partial charge in [0, 0.05) is 17.8 Å². The van der Waals surface area contributed by atoms with Gasteiger partial charge in [-0.25, -0.2) is 0 Å². The van der Waals surface area contributed by atoms with Gasteiger partial charge in [-0.05, 0) is 50.3 Å². The van der Waals surface area contributed by atoms with Crippen molar-refractivity contribution < 1.29 is 0 Å². The van der Waals surface area contributed by atoms with Crippen molar-refractivity contribution in [3.8, 4) is 12.1 Å². The standard InChI is InChI=1S/C17H17N3/c1-12-2-4-15(5-3-12)20-16-6-7-17(20)9-13(8-16)14(10-18)11-19/h2-5,16-17H,6-9H2,1H3/t16-,17+. The van der Waals surface area contributed by atoms with Gasteiger partial charge in [0.2, 0.25) is 0 Å². The van der Waals surface area contributed by atoms with Crippen LogP contribution in [0.25, 0.3) is 0 Å². The first-order chi connectivity index (χ1) is 9.72. The third-order valence-corrected chi connectivity index (χ3v) is 4.49. The minimum Gasteiger partial charge on any atom is -0.365 e. The van der Waals surface area contributed by atoms with E-state index in [0.717, 1.165) is 31.3 Å². The van der Waals surface area contributed by atoms with Crippen molar-refractivity contribution in [1.29, 1.82) is 10.5 Å². The molecule has 3 heteroatoms. The van der Waals surface area contributed by atoms with Crippen LogP contribution in [-0.2, 0) is 0 Å². The maximum atomic E-state index is 9.04. The summed E-state index contributed by atoms with van der Waals surface area (Å²) < 4.78 is 0. The molecular formula is C17H17N3. The Morgan fingerprint density at radius 3 is 2.10 bits per heavy atom. The fourth-order valence-corrected chi connectivity index (χ4v) is 3.54. The van der Waals surface area contributed by atoms with Gasteiger partial charge in [-0.1, -0.05) is 17.7 Å². The molecule has 0 amide bonds. The number of benzene rings is 1. The largest absolute Gasteiger partial charge is 0.365 e. The molecule has 1 aromatic rings. The molecule has 100 valence electrons.